The maximum Gasteiger partial charge on any atom is 0.359 e. The molecule has 0 fully saturated rings. The van der Waals surface area contributed by atoms with Crippen LogP contribution in [0.15, 0.2) is 0 Å². The molecule has 0 aliphatic carbocycles. The van der Waals surface area contributed by atoms with E-state index in [1.807, 2.05) is 0 Å². The first-order chi connectivity index (χ1) is 10.3. The van der Waals surface area contributed by atoms with Gasteiger partial charge in [-0.25, -0.2) is 14.0 Å². The molecule has 0 amide bonds. The van der Waals surface area contributed by atoms with E-state index in [1.54, 1.807) is 0 Å². The molecule has 1 aliphatic rings. The van der Waals surface area contributed by atoms with Gasteiger partial charge in [-0.15, -0.1) is 10.2 Å². The predicted molar refractivity (Wildman–Crippen MR) is 65.4 cm³/mol. The summed E-state index contributed by atoms with van der Waals surface area (Å²) < 4.78 is 22.0. The van der Waals surface area contributed by atoms with Crippen molar-refractivity contribution in [3.63, 3.8) is 0 Å². The highest BCUT2D eigenvalue weighted by Crippen LogP contribution is 2.33. The van der Waals surface area contributed by atoms with Crippen LogP contribution in [0.4, 0.5) is 4.39 Å². The third-order valence-electron chi connectivity index (χ3n) is 3.30. The summed E-state index contributed by atoms with van der Waals surface area (Å²) in [7, 11) is 1.11. The largest absolute Gasteiger partial charge is 0.464 e. The van der Waals surface area contributed by atoms with E-state index in [0.717, 1.165) is 7.11 Å². The van der Waals surface area contributed by atoms with E-state index >= 15 is 0 Å². The Kier molecular flexibility index (Phi) is 4.35. The molecule has 3 N–H and O–H groups in total. The third-order valence-corrected chi connectivity index (χ3v) is 3.30. The number of cyclic esters (lactones) is 1. The summed E-state index contributed by atoms with van der Waals surface area (Å²) in [6.07, 6.45) is -8.36. The number of halogens is 1. The molecule has 1 aromatic heterocycles. The van der Waals surface area contributed by atoms with Crippen molar-refractivity contribution >= 4 is 11.9 Å². The summed E-state index contributed by atoms with van der Waals surface area (Å²) in [5.41, 5.74) is -0.679. The molecule has 4 atom stereocenters. The molecule has 22 heavy (non-hydrogen) atoms. The molecule has 9 nitrogen and oxygen atoms in total. The molecule has 0 spiro atoms. The zero-order chi connectivity index (χ0) is 16.6. The minimum Gasteiger partial charge on any atom is -0.464 e. The van der Waals surface area contributed by atoms with Crippen molar-refractivity contribution in [2.24, 2.45) is 0 Å². The SMILES string of the molecule is COC(=O)c1nnc2c(c1C)C(O)C(C(O)C(O)F)OC2=O. The summed E-state index contributed by atoms with van der Waals surface area (Å²) in [5, 5.41) is 35.5. The van der Waals surface area contributed by atoms with Crippen LogP contribution in [0, 0.1) is 6.92 Å². The molecule has 120 valence electrons. The number of aliphatic hydroxyl groups excluding tert-OH is 3. The van der Waals surface area contributed by atoms with Crippen molar-refractivity contribution in [1.29, 1.82) is 0 Å². The van der Waals surface area contributed by atoms with Crippen LogP contribution in [-0.4, -0.2) is 63.1 Å². The molecule has 0 saturated carbocycles. The monoisotopic (exact) mass is 316 g/mol. The van der Waals surface area contributed by atoms with Crippen LogP contribution in [0.5, 0.6) is 0 Å². The number of aliphatic hydroxyl groups is 3. The van der Waals surface area contributed by atoms with E-state index in [9.17, 15) is 24.2 Å². The van der Waals surface area contributed by atoms with E-state index in [2.05, 4.69) is 19.7 Å². The molecule has 4 unspecified atom stereocenters. The van der Waals surface area contributed by atoms with Gasteiger partial charge >= 0.3 is 11.9 Å². The summed E-state index contributed by atoms with van der Waals surface area (Å²) in [6, 6.07) is 0. The number of esters is 2. The molecule has 0 aromatic carbocycles. The van der Waals surface area contributed by atoms with Crippen LogP contribution in [0.1, 0.15) is 38.2 Å². The number of nitrogens with zero attached hydrogens (tertiary/aromatic N) is 2. The molecule has 2 heterocycles. The van der Waals surface area contributed by atoms with Gasteiger partial charge in [-0.2, -0.15) is 0 Å². The summed E-state index contributed by atoms with van der Waals surface area (Å²) in [5.74, 6) is -1.92. The predicted octanol–water partition coefficient (Wildman–Crippen LogP) is -1.21. The van der Waals surface area contributed by atoms with Crippen LogP contribution >= 0.6 is 0 Å². The summed E-state index contributed by atoms with van der Waals surface area (Å²) in [4.78, 5) is 23.4. The van der Waals surface area contributed by atoms with Crippen molar-refractivity contribution in [3.8, 4) is 0 Å². The van der Waals surface area contributed by atoms with E-state index in [4.69, 9.17) is 5.11 Å². The van der Waals surface area contributed by atoms with Gasteiger partial charge < -0.3 is 24.8 Å². The first kappa shape index (κ1) is 16.2. The molecule has 10 heteroatoms. The van der Waals surface area contributed by atoms with E-state index < -0.39 is 36.6 Å². The van der Waals surface area contributed by atoms with Crippen LogP contribution in [-0.2, 0) is 9.47 Å². The quantitative estimate of drug-likeness (QED) is 0.586. The Morgan fingerprint density at radius 3 is 2.59 bits per heavy atom. The van der Waals surface area contributed by atoms with Crippen LogP contribution in [0.25, 0.3) is 0 Å². The fraction of sp³-hybridized carbons (Fsp3) is 0.500. The summed E-state index contributed by atoms with van der Waals surface area (Å²) >= 11 is 0. The van der Waals surface area contributed by atoms with Crippen molar-refractivity contribution in [2.75, 3.05) is 7.11 Å². The van der Waals surface area contributed by atoms with Gasteiger partial charge in [0.25, 0.3) is 0 Å². The number of alkyl halides is 1. The first-order valence-corrected chi connectivity index (χ1v) is 6.14. The second-order valence-corrected chi connectivity index (χ2v) is 4.61. The Hall–Kier alpha value is -2.17. The lowest BCUT2D eigenvalue weighted by Gasteiger charge is -2.32. The highest BCUT2D eigenvalue weighted by Gasteiger charge is 2.44. The van der Waals surface area contributed by atoms with E-state index in [0.29, 0.717) is 0 Å². The topological polar surface area (TPSA) is 139 Å². The van der Waals surface area contributed by atoms with Crippen LogP contribution in [0.2, 0.25) is 0 Å². The number of methoxy groups -OCH3 is 1. The number of carbonyl (C=O) groups is 2. The zero-order valence-electron chi connectivity index (χ0n) is 11.6. The standard InChI is InChI=1S/C12H13FN2O7/c1-3-4-6(15-14-5(3)11(19)21-2)12(20)22-9(7(4)16)8(17)10(13)18/h7-10,16-18H,1-2H3. The fourth-order valence-corrected chi connectivity index (χ4v) is 2.16. The minimum absolute atomic E-state index is 0.0755. The number of ether oxygens (including phenoxy) is 2. The number of hydrogen-bond donors (Lipinski definition) is 3. The summed E-state index contributed by atoms with van der Waals surface area (Å²) in [6.45, 7) is 1.37. The molecule has 0 bridgehead atoms. The zero-order valence-corrected chi connectivity index (χ0v) is 11.6. The van der Waals surface area contributed by atoms with Crippen molar-refractivity contribution < 1.29 is 38.8 Å². The average molecular weight is 316 g/mol. The van der Waals surface area contributed by atoms with Gasteiger partial charge in [0.1, 0.15) is 12.2 Å². The molecule has 0 saturated heterocycles. The number of fused-ring (bicyclic) bond motifs is 1. The Labute approximate surface area is 123 Å². The van der Waals surface area contributed by atoms with Gasteiger partial charge in [0.2, 0.25) is 6.36 Å². The number of carbonyl (C=O) groups excluding carboxylic acids is 2. The highest BCUT2D eigenvalue weighted by molar-refractivity contribution is 5.94. The van der Waals surface area contributed by atoms with Gasteiger partial charge in [-0.1, -0.05) is 0 Å². The normalized spacial score (nSPS) is 23.3. The van der Waals surface area contributed by atoms with Crippen molar-refractivity contribution in [2.45, 2.75) is 31.6 Å². The fourth-order valence-electron chi connectivity index (χ4n) is 2.16. The second-order valence-electron chi connectivity index (χ2n) is 4.61. The molecule has 1 aromatic rings. The molecular formula is C12H13FN2O7. The number of hydrogen-bond acceptors (Lipinski definition) is 9. The van der Waals surface area contributed by atoms with E-state index in [1.165, 1.54) is 6.92 Å². The third kappa shape index (κ3) is 2.51. The van der Waals surface area contributed by atoms with Gasteiger partial charge in [0.05, 0.1) is 7.11 Å². The number of aromatic nitrogens is 2. The van der Waals surface area contributed by atoms with Gasteiger partial charge in [-0.3, -0.25) is 0 Å². The first-order valence-electron chi connectivity index (χ1n) is 6.14. The van der Waals surface area contributed by atoms with Gasteiger partial charge in [0, 0.05) is 5.56 Å². The average Bonchev–Trinajstić information content (AvgIpc) is 2.49. The van der Waals surface area contributed by atoms with E-state index in [-0.39, 0.29) is 22.5 Å². The van der Waals surface area contributed by atoms with Gasteiger partial charge in [-0.05, 0) is 12.5 Å². The Morgan fingerprint density at radius 2 is 2.05 bits per heavy atom. The molecule has 0 radical (unpaired) electrons. The maximum atomic E-state index is 12.8. The number of rotatable bonds is 3. The Morgan fingerprint density at radius 1 is 1.41 bits per heavy atom. The maximum absolute atomic E-state index is 12.8. The molecule has 1 aliphatic heterocycles. The molecule has 2 rings (SSSR count). The minimum atomic E-state index is -2.73. The Bertz CT molecular complexity index is 622. The second kappa shape index (κ2) is 5.91. The highest BCUT2D eigenvalue weighted by atomic mass is 19.1. The Balaban J connectivity index is 2.54. The lowest BCUT2D eigenvalue weighted by atomic mass is 9.92. The van der Waals surface area contributed by atoms with Crippen LogP contribution < -0.4 is 0 Å². The van der Waals surface area contributed by atoms with Crippen molar-refractivity contribution in [3.05, 3.63) is 22.5 Å². The van der Waals surface area contributed by atoms with Crippen LogP contribution in [0.3, 0.4) is 0 Å². The lowest BCUT2D eigenvalue weighted by Crippen LogP contribution is -2.46. The van der Waals surface area contributed by atoms with Crippen molar-refractivity contribution in [1.82, 2.24) is 10.2 Å². The smallest absolute Gasteiger partial charge is 0.359 e. The lowest BCUT2D eigenvalue weighted by molar-refractivity contribution is -0.152. The molecular weight excluding hydrogens is 303 g/mol. The van der Waals surface area contributed by atoms with Gasteiger partial charge in [0.15, 0.2) is 17.5 Å².